The van der Waals surface area contributed by atoms with Crippen LogP contribution in [0.1, 0.15) is 39.8 Å². The molecule has 0 spiro atoms. The Balaban J connectivity index is 1.45. The Hall–Kier alpha value is -3.27. The van der Waals surface area contributed by atoms with Gasteiger partial charge in [-0.1, -0.05) is 18.5 Å². The summed E-state index contributed by atoms with van der Waals surface area (Å²) in [4.78, 5) is 39.2. The van der Waals surface area contributed by atoms with Gasteiger partial charge in [-0.15, -0.1) is 0 Å². The number of nitrogens with zero attached hydrogens (tertiary/aromatic N) is 4. The monoisotopic (exact) mass is 477 g/mol. The van der Waals surface area contributed by atoms with Gasteiger partial charge >= 0.3 is 6.18 Å². The number of nitrogens with one attached hydrogen (secondary N) is 1. The van der Waals surface area contributed by atoms with Crippen molar-refractivity contribution in [3.05, 3.63) is 64.7 Å². The Morgan fingerprint density at radius 2 is 1.91 bits per heavy atom. The zero-order chi connectivity index (χ0) is 23.8. The van der Waals surface area contributed by atoms with Crippen LogP contribution >= 0.6 is 11.6 Å². The summed E-state index contributed by atoms with van der Waals surface area (Å²) in [6, 6.07) is 4.71. The molecule has 3 aromatic rings. The average molecular weight is 478 g/mol. The van der Waals surface area contributed by atoms with E-state index in [0.29, 0.717) is 41.1 Å². The van der Waals surface area contributed by atoms with Crippen LogP contribution in [0.3, 0.4) is 0 Å². The first kappa shape index (κ1) is 22.9. The number of carbonyl (C=O) groups excluding carboxylic acids is 2. The fourth-order valence-electron chi connectivity index (χ4n) is 3.93. The van der Waals surface area contributed by atoms with Crippen molar-refractivity contribution in [3.63, 3.8) is 0 Å². The summed E-state index contributed by atoms with van der Waals surface area (Å²) < 4.78 is 39.6. The summed E-state index contributed by atoms with van der Waals surface area (Å²) in [6.45, 7) is 2.46. The Bertz CT molecular complexity index is 1220. The number of carbonyl (C=O) groups is 2. The second-order valence-electron chi connectivity index (χ2n) is 7.88. The molecule has 1 saturated heterocycles. The van der Waals surface area contributed by atoms with Crippen molar-refractivity contribution in [3.8, 4) is 0 Å². The van der Waals surface area contributed by atoms with Gasteiger partial charge in [0.25, 0.3) is 11.8 Å². The van der Waals surface area contributed by atoms with Gasteiger partial charge in [0.1, 0.15) is 11.2 Å². The molecule has 2 atom stereocenters. The molecule has 0 unspecified atom stereocenters. The molecule has 3 heterocycles. The summed E-state index contributed by atoms with van der Waals surface area (Å²) >= 11 is 6.25. The Labute approximate surface area is 192 Å². The van der Waals surface area contributed by atoms with Crippen LogP contribution in [-0.4, -0.2) is 50.8 Å². The van der Waals surface area contributed by atoms with Crippen molar-refractivity contribution in [1.82, 2.24) is 25.2 Å². The van der Waals surface area contributed by atoms with Crippen molar-refractivity contribution < 1.29 is 22.8 Å². The predicted molar refractivity (Wildman–Crippen MR) is 115 cm³/mol. The molecule has 33 heavy (non-hydrogen) atoms. The van der Waals surface area contributed by atoms with E-state index in [1.54, 1.807) is 17.0 Å². The predicted octanol–water partition coefficient (Wildman–Crippen LogP) is 3.98. The molecule has 1 aliphatic rings. The second kappa shape index (κ2) is 8.93. The number of rotatable bonds is 3. The van der Waals surface area contributed by atoms with E-state index in [1.165, 1.54) is 12.4 Å². The number of hydrogen-bond acceptors (Lipinski definition) is 5. The van der Waals surface area contributed by atoms with Crippen LogP contribution in [0.2, 0.25) is 5.02 Å². The van der Waals surface area contributed by atoms with Gasteiger partial charge < -0.3 is 10.2 Å². The van der Waals surface area contributed by atoms with Gasteiger partial charge in [0.05, 0.1) is 16.1 Å². The highest BCUT2D eigenvalue weighted by atomic mass is 35.5. The van der Waals surface area contributed by atoms with Crippen molar-refractivity contribution in [2.75, 3.05) is 13.1 Å². The first-order valence-electron chi connectivity index (χ1n) is 10.2. The summed E-state index contributed by atoms with van der Waals surface area (Å²) in [6.07, 6.45) is -0.135. The van der Waals surface area contributed by atoms with E-state index in [-0.39, 0.29) is 11.8 Å². The number of aromatic nitrogens is 3. The summed E-state index contributed by atoms with van der Waals surface area (Å²) in [7, 11) is 0. The normalized spacial score (nSPS) is 18.9. The molecular formula is C22H19ClF3N5O2. The van der Waals surface area contributed by atoms with E-state index in [2.05, 4.69) is 20.3 Å². The Morgan fingerprint density at radius 1 is 1.15 bits per heavy atom. The van der Waals surface area contributed by atoms with Gasteiger partial charge in [-0.2, -0.15) is 13.2 Å². The lowest BCUT2D eigenvalue weighted by atomic mass is 9.93. The minimum atomic E-state index is -4.69. The van der Waals surface area contributed by atoms with E-state index >= 15 is 0 Å². The maximum Gasteiger partial charge on any atom is 0.418 e. The summed E-state index contributed by atoms with van der Waals surface area (Å²) in [5.41, 5.74) is -0.384. The largest absolute Gasteiger partial charge is 0.418 e. The molecule has 172 valence electrons. The fourth-order valence-corrected chi connectivity index (χ4v) is 4.20. The van der Waals surface area contributed by atoms with Gasteiger partial charge in [0, 0.05) is 43.3 Å². The first-order chi connectivity index (χ1) is 15.6. The quantitative estimate of drug-likeness (QED) is 0.616. The number of hydrogen-bond donors (Lipinski definition) is 1. The molecule has 1 aromatic carbocycles. The van der Waals surface area contributed by atoms with Gasteiger partial charge in [-0.05, 0) is 36.6 Å². The van der Waals surface area contributed by atoms with Crippen LogP contribution in [0, 0.1) is 5.92 Å². The number of likely N-dealkylation sites (tertiary alicyclic amines) is 1. The third kappa shape index (κ3) is 4.75. The van der Waals surface area contributed by atoms with Crippen LogP contribution < -0.4 is 5.32 Å². The van der Waals surface area contributed by atoms with E-state index < -0.39 is 29.4 Å². The van der Waals surface area contributed by atoms with Crippen LogP contribution in [-0.2, 0) is 6.18 Å². The van der Waals surface area contributed by atoms with E-state index in [0.717, 1.165) is 18.3 Å². The van der Waals surface area contributed by atoms with Gasteiger partial charge in [0.2, 0.25) is 0 Å². The maximum absolute atomic E-state index is 13.2. The number of halogens is 4. The Morgan fingerprint density at radius 3 is 2.64 bits per heavy atom. The third-order valence-corrected chi connectivity index (χ3v) is 5.90. The average Bonchev–Trinajstić information content (AvgIpc) is 2.79. The summed E-state index contributed by atoms with van der Waals surface area (Å²) in [5.74, 6) is -1.33. The standard InChI is InChI=1S/C22H19ClF3N5O2/c1-12-11-31(21(33)13-9-15(23)19-17(10-13)27-6-7-29-19)8-4-16(12)30-20(32)18-14(22(24,25)26)3-2-5-28-18/h2-3,5-7,9-10,12,16H,4,8,11H2,1H3,(H,30,32)/t12-,16+/m0/s1. The molecule has 1 N–H and O–H groups in total. The lowest BCUT2D eigenvalue weighted by molar-refractivity contribution is -0.138. The number of piperidine rings is 1. The minimum Gasteiger partial charge on any atom is -0.348 e. The first-order valence-corrected chi connectivity index (χ1v) is 10.6. The molecule has 2 amide bonds. The van der Waals surface area contributed by atoms with E-state index in [4.69, 9.17) is 11.6 Å². The van der Waals surface area contributed by atoms with Crippen LogP contribution in [0.15, 0.2) is 42.9 Å². The van der Waals surface area contributed by atoms with Crippen molar-refractivity contribution in [1.29, 1.82) is 0 Å². The molecule has 0 bridgehead atoms. The van der Waals surface area contributed by atoms with Crippen molar-refractivity contribution in [2.24, 2.45) is 5.92 Å². The number of alkyl halides is 3. The summed E-state index contributed by atoms with van der Waals surface area (Å²) in [5, 5.41) is 2.97. The molecule has 0 radical (unpaired) electrons. The molecule has 0 saturated carbocycles. The Kier molecular flexibility index (Phi) is 6.20. The van der Waals surface area contributed by atoms with E-state index in [1.807, 2.05) is 6.92 Å². The second-order valence-corrected chi connectivity index (χ2v) is 8.28. The highest BCUT2D eigenvalue weighted by Gasteiger charge is 2.37. The zero-order valence-electron chi connectivity index (χ0n) is 17.4. The van der Waals surface area contributed by atoms with Crippen molar-refractivity contribution in [2.45, 2.75) is 25.6 Å². The van der Waals surface area contributed by atoms with Crippen LogP contribution in [0.4, 0.5) is 13.2 Å². The van der Waals surface area contributed by atoms with Crippen molar-refractivity contribution >= 4 is 34.4 Å². The smallest absolute Gasteiger partial charge is 0.348 e. The molecule has 0 aliphatic carbocycles. The lowest BCUT2D eigenvalue weighted by Crippen LogP contribution is -2.51. The number of pyridine rings is 1. The van der Waals surface area contributed by atoms with Crippen LogP contribution in [0.5, 0.6) is 0 Å². The van der Waals surface area contributed by atoms with Crippen LogP contribution in [0.25, 0.3) is 11.0 Å². The molecule has 4 rings (SSSR count). The zero-order valence-corrected chi connectivity index (χ0v) is 18.2. The number of benzene rings is 1. The van der Waals surface area contributed by atoms with Gasteiger partial charge in [-0.25, -0.2) is 0 Å². The van der Waals surface area contributed by atoms with Gasteiger partial charge in [-0.3, -0.25) is 24.5 Å². The number of fused-ring (bicyclic) bond motifs is 1. The maximum atomic E-state index is 13.2. The molecule has 2 aromatic heterocycles. The highest BCUT2D eigenvalue weighted by Crippen LogP contribution is 2.31. The molecule has 1 aliphatic heterocycles. The number of amides is 2. The SMILES string of the molecule is C[C@H]1CN(C(=O)c2cc(Cl)c3nccnc3c2)CC[C@H]1NC(=O)c1ncccc1C(F)(F)F. The molecule has 7 nitrogen and oxygen atoms in total. The molecular weight excluding hydrogens is 459 g/mol. The minimum absolute atomic E-state index is 0.194. The van der Waals surface area contributed by atoms with E-state index in [9.17, 15) is 22.8 Å². The highest BCUT2D eigenvalue weighted by molar-refractivity contribution is 6.35. The fraction of sp³-hybridized carbons (Fsp3) is 0.318. The molecule has 11 heteroatoms. The topological polar surface area (TPSA) is 88.1 Å². The van der Waals surface area contributed by atoms with Gasteiger partial charge in [0.15, 0.2) is 0 Å². The molecule has 1 fully saturated rings. The third-order valence-electron chi connectivity index (χ3n) is 5.61. The lowest BCUT2D eigenvalue weighted by Gasteiger charge is -2.37.